The first-order valence-corrected chi connectivity index (χ1v) is 8.10. The summed E-state index contributed by atoms with van der Waals surface area (Å²) in [5.74, 6) is 3.51. The molecule has 0 atom stereocenters. The van der Waals surface area contributed by atoms with Crippen molar-refractivity contribution >= 4 is 22.7 Å². The first-order chi connectivity index (χ1) is 11.3. The highest BCUT2D eigenvalue weighted by molar-refractivity contribution is 5.90. The summed E-state index contributed by atoms with van der Waals surface area (Å²) in [5.41, 5.74) is 0.960. The van der Waals surface area contributed by atoms with Crippen molar-refractivity contribution in [2.45, 2.75) is 32.2 Å². The fourth-order valence-electron chi connectivity index (χ4n) is 2.60. The third-order valence-electron chi connectivity index (χ3n) is 3.97. The Bertz CT molecular complexity index is 823. The van der Waals surface area contributed by atoms with Crippen LogP contribution in [-0.4, -0.2) is 22.6 Å². The number of para-hydroxylation sites is 1. The zero-order valence-corrected chi connectivity index (χ0v) is 13.2. The van der Waals surface area contributed by atoms with Gasteiger partial charge in [-0.05, 0) is 44.0 Å². The molecule has 5 nitrogen and oxygen atoms in total. The summed E-state index contributed by atoms with van der Waals surface area (Å²) in [6.45, 7) is 2.70. The number of benzene rings is 1. The molecule has 23 heavy (non-hydrogen) atoms. The molecule has 1 aliphatic carbocycles. The number of aryl methyl sites for hydroxylation is 1. The van der Waals surface area contributed by atoms with E-state index in [9.17, 15) is 0 Å². The zero-order chi connectivity index (χ0) is 15.6. The van der Waals surface area contributed by atoms with Gasteiger partial charge in [0.1, 0.15) is 17.3 Å². The van der Waals surface area contributed by atoms with Gasteiger partial charge in [0.05, 0.1) is 5.52 Å². The van der Waals surface area contributed by atoms with Crippen LogP contribution in [0.2, 0.25) is 0 Å². The first kappa shape index (κ1) is 14.1. The highest BCUT2D eigenvalue weighted by atomic mass is 16.3. The van der Waals surface area contributed by atoms with Crippen molar-refractivity contribution in [3.05, 3.63) is 47.9 Å². The fourth-order valence-corrected chi connectivity index (χ4v) is 2.60. The molecule has 0 saturated heterocycles. The second-order valence-corrected chi connectivity index (χ2v) is 6.02. The minimum atomic E-state index is 0.562. The van der Waals surface area contributed by atoms with Crippen molar-refractivity contribution in [1.82, 2.24) is 9.97 Å². The van der Waals surface area contributed by atoms with Crippen LogP contribution in [0.4, 0.5) is 11.8 Å². The van der Waals surface area contributed by atoms with Gasteiger partial charge in [-0.2, -0.15) is 4.98 Å². The maximum atomic E-state index is 5.58. The Morgan fingerprint density at radius 2 is 2.00 bits per heavy atom. The van der Waals surface area contributed by atoms with Crippen molar-refractivity contribution in [2.24, 2.45) is 0 Å². The third-order valence-corrected chi connectivity index (χ3v) is 3.97. The molecule has 0 bridgehead atoms. The molecule has 5 heteroatoms. The number of furan rings is 1. The van der Waals surface area contributed by atoms with E-state index in [2.05, 4.69) is 26.7 Å². The van der Waals surface area contributed by atoms with Gasteiger partial charge in [-0.25, -0.2) is 4.98 Å². The molecule has 2 N–H and O–H groups in total. The van der Waals surface area contributed by atoms with E-state index < -0.39 is 0 Å². The number of fused-ring (bicyclic) bond motifs is 1. The van der Waals surface area contributed by atoms with E-state index in [4.69, 9.17) is 4.42 Å². The van der Waals surface area contributed by atoms with E-state index in [1.54, 1.807) is 0 Å². The monoisotopic (exact) mass is 308 g/mol. The molecular weight excluding hydrogens is 288 g/mol. The lowest BCUT2D eigenvalue weighted by Gasteiger charge is -2.11. The van der Waals surface area contributed by atoms with E-state index in [1.165, 1.54) is 12.8 Å². The second-order valence-electron chi connectivity index (χ2n) is 6.02. The van der Waals surface area contributed by atoms with Gasteiger partial charge in [0.15, 0.2) is 0 Å². The Kier molecular flexibility index (Phi) is 3.61. The average Bonchev–Trinajstić information content (AvgIpc) is 3.27. The summed E-state index contributed by atoms with van der Waals surface area (Å²) in [6.07, 6.45) is 3.26. The summed E-state index contributed by atoms with van der Waals surface area (Å²) < 4.78 is 5.58. The van der Waals surface area contributed by atoms with Gasteiger partial charge in [0.25, 0.3) is 0 Å². The minimum Gasteiger partial charge on any atom is -0.466 e. The van der Waals surface area contributed by atoms with E-state index in [-0.39, 0.29) is 0 Å². The van der Waals surface area contributed by atoms with Crippen LogP contribution in [0.3, 0.4) is 0 Å². The normalized spacial score (nSPS) is 14.1. The molecular formula is C18H20N4O. The topological polar surface area (TPSA) is 63.0 Å². The standard InChI is InChI=1S/C18H20N4O/c1-12-6-9-14(23-12)10-11-19-18-21-16-5-3-2-4-15(16)17(22-18)20-13-7-8-13/h2-6,9,13H,7-8,10-11H2,1H3,(H2,19,20,21,22). The molecule has 118 valence electrons. The first-order valence-electron chi connectivity index (χ1n) is 8.10. The molecule has 2 aromatic heterocycles. The number of rotatable bonds is 6. The van der Waals surface area contributed by atoms with Gasteiger partial charge < -0.3 is 15.1 Å². The van der Waals surface area contributed by atoms with Crippen LogP contribution in [0.1, 0.15) is 24.4 Å². The Labute approximate surface area is 135 Å². The number of nitrogens with zero attached hydrogens (tertiary/aromatic N) is 2. The molecule has 0 unspecified atom stereocenters. The van der Waals surface area contributed by atoms with Crippen LogP contribution in [-0.2, 0) is 6.42 Å². The average molecular weight is 308 g/mol. The van der Waals surface area contributed by atoms with E-state index in [0.29, 0.717) is 12.0 Å². The van der Waals surface area contributed by atoms with Crippen molar-refractivity contribution < 1.29 is 4.42 Å². The number of nitrogens with one attached hydrogen (secondary N) is 2. The van der Waals surface area contributed by atoms with Gasteiger partial charge in [0.2, 0.25) is 5.95 Å². The predicted octanol–water partition coefficient (Wildman–Crippen LogP) is 3.76. The van der Waals surface area contributed by atoms with Crippen LogP contribution in [0.25, 0.3) is 10.9 Å². The molecule has 1 fully saturated rings. The lowest BCUT2D eigenvalue weighted by molar-refractivity contribution is 0.486. The van der Waals surface area contributed by atoms with Crippen molar-refractivity contribution in [1.29, 1.82) is 0 Å². The largest absolute Gasteiger partial charge is 0.466 e. The molecule has 1 saturated carbocycles. The molecule has 1 aliphatic rings. The predicted molar refractivity (Wildman–Crippen MR) is 91.8 cm³/mol. The molecule has 0 radical (unpaired) electrons. The van der Waals surface area contributed by atoms with Crippen molar-refractivity contribution in [3.8, 4) is 0 Å². The SMILES string of the molecule is Cc1ccc(CCNc2nc(NC3CC3)c3ccccc3n2)o1. The third kappa shape index (κ3) is 3.28. The molecule has 0 spiro atoms. The van der Waals surface area contributed by atoms with Crippen LogP contribution in [0.15, 0.2) is 40.8 Å². The Balaban J connectivity index is 1.51. The van der Waals surface area contributed by atoms with Crippen molar-refractivity contribution in [2.75, 3.05) is 17.2 Å². The maximum Gasteiger partial charge on any atom is 0.225 e. The Morgan fingerprint density at radius 3 is 2.78 bits per heavy atom. The van der Waals surface area contributed by atoms with Gasteiger partial charge in [-0.15, -0.1) is 0 Å². The summed E-state index contributed by atoms with van der Waals surface area (Å²) in [7, 11) is 0. The zero-order valence-electron chi connectivity index (χ0n) is 13.2. The lowest BCUT2D eigenvalue weighted by Crippen LogP contribution is -2.11. The number of hydrogen-bond acceptors (Lipinski definition) is 5. The lowest BCUT2D eigenvalue weighted by atomic mass is 10.2. The quantitative estimate of drug-likeness (QED) is 0.726. The smallest absolute Gasteiger partial charge is 0.225 e. The van der Waals surface area contributed by atoms with E-state index in [0.717, 1.165) is 41.2 Å². The Hall–Kier alpha value is -2.56. The minimum absolute atomic E-state index is 0.562. The number of anilines is 2. The van der Waals surface area contributed by atoms with Crippen LogP contribution >= 0.6 is 0 Å². The van der Waals surface area contributed by atoms with Gasteiger partial charge in [0, 0.05) is 24.4 Å². The maximum absolute atomic E-state index is 5.58. The highest BCUT2D eigenvalue weighted by Crippen LogP contribution is 2.28. The van der Waals surface area contributed by atoms with E-state index >= 15 is 0 Å². The molecule has 0 amide bonds. The summed E-state index contributed by atoms with van der Waals surface area (Å²) in [6, 6.07) is 12.7. The van der Waals surface area contributed by atoms with Crippen LogP contribution < -0.4 is 10.6 Å². The molecule has 0 aliphatic heterocycles. The Morgan fingerprint density at radius 1 is 1.13 bits per heavy atom. The molecule has 2 heterocycles. The molecule has 1 aromatic carbocycles. The number of hydrogen-bond donors (Lipinski definition) is 2. The van der Waals surface area contributed by atoms with Crippen LogP contribution in [0.5, 0.6) is 0 Å². The van der Waals surface area contributed by atoms with E-state index in [1.807, 2.05) is 37.3 Å². The summed E-state index contributed by atoms with van der Waals surface area (Å²) >= 11 is 0. The highest BCUT2D eigenvalue weighted by Gasteiger charge is 2.22. The van der Waals surface area contributed by atoms with Crippen molar-refractivity contribution in [3.63, 3.8) is 0 Å². The summed E-state index contributed by atoms with van der Waals surface area (Å²) in [5, 5.41) is 7.88. The number of aromatic nitrogens is 2. The molecule has 4 rings (SSSR count). The summed E-state index contributed by atoms with van der Waals surface area (Å²) in [4.78, 5) is 9.26. The van der Waals surface area contributed by atoms with Gasteiger partial charge >= 0.3 is 0 Å². The fraction of sp³-hybridized carbons (Fsp3) is 0.333. The van der Waals surface area contributed by atoms with Gasteiger partial charge in [-0.3, -0.25) is 0 Å². The molecule has 3 aromatic rings. The second kappa shape index (κ2) is 5.91. The van der Waals surface area contributed by atoms with Gasteiger partial charge in [-0.1, -0.05) is 12.1 Å². The van der Waals surface area contributed by atoms with Crippen LogP contribution in [0, 0.1) is 6.92 Å².